The van der Waals surface area contributed by atoms with Gasteiger partial charge in [-0.05, 0) is 37.0 Å². The first-order valence-electron chi connectivity index (χ1n) is 8.03. The lowest BCUT2D eigenvalue weighted by Crippen LogP contribution is -2.37. The Morgan fingerprint density at radius 3 is 2.91 bits per heavy atom. The van der Waals surface area contributed by atoms with E-state index in [2.05, 4.69) is 18.0 Å². The zero-order chi connectivity index (χ0) is 16.3. The Labute approximate surface area is 135 Å². The van der Waals surface area contributed by atoms with Gasteiger partial charge in [-0.3, -0.25) is 9.78 Å². The number of aliphatic carboxylic acids is 1. The summed E-state index contributed by atoms with van der Waals surface area (Å²) >= 11 is 0. The third-order valence-corrected chi connectivity index (χ3v) is 4.43. The van der Waals surface area contributed by atoms with Crippen LogP contribution in [0.15, 0.2) is 36.4 Å². The van der Waals surface area contributed by atoms with E-state index in [0.717, 1.165) is 35.0 Å². The van der Waals surface area contributed by atoms with Crippen molar-refractivity contribution in [2.45, 2.75) is 26.2 Å². The summed E-state index contributed by atoms with van der Waals surface area (Å²) < 4.78 is 5.39. The van der Waals surface area contributed by atoms with Crippen molar-refractivity contribution >= 4 is 22.9 Å². The van der Waals surface area contributed by atoms with Crippen LogP contribution in [0.25, 0.3) is 17.0 Å². The highest BCUT2D eigenvalue weighted by atomic mass is 16.5. The summed E-state index contributed by atoms with van der Waals surface area (Å²) in [5.74, 6) is -0.819. The predicted molar refractivity (Wildman–Crippen MR) is 90.3 cm³/mol. The Kier molecular flexibility index (Phi) is 4.44. The quantitative estimate of drug-likeness (QED) is 0.935. The Bertz CT molecular complexity index is 745. The molecule has 2 heterocycles. The lowest BCUT2D eigenvalue weighted by Gasteiger charge is -2.30. The first kappa shape index (κ1) is 15.7. The molecule has 0 bridgehead atoms. The second-order valence-electron chi connectivity index (χ2n) is 6.06. The summed E-state index contributed by atoms with van der Waals surface area (Å²) in [5.41, 5.74) is 2.05. The van der Waals surface area contributed by atoms with E-state index in [0.29, 0.717) is 13.0 Å². The van der Waals surface area contributed by atoms with Crippen molar-refractivity contribution in [1.82, 2.24) is 4.98 Å². The molecule has 23 heavy (non-hydrogen) atoms. The van der Waals surface area contributed by atoms with E-state index in [-0.39, 0.29) is 6.61 Å². The van der Waals surface area contributed by atoms with Crippen LogP contribution >= 0.6 is 0 Å². The first-order chi connectivity index (χ1) is 11.1. The third-order valence-electron chi connectivity index (χ3n) is 4.43. The molecule has 1 saturated heterocycles. The number of hydrogen-bond donors (Lipinski definition) is 1. The van der Waals surface area contributed by atoms with Gasteiger partial charge in [-0.2, -0.15) is 0 Å². The van der Waals surface area contributed by atoms with E-state index in [1.54, 1.807) is 6.08 Å². The maximum Gasteiger partial charge on any atom is 0.315 e. The maximum atomic E-state index is 11.6. The zero-order valence-electron chi connectivity index (χ0n) is 13.3. The average Bonchev–Trinajstić information content (AvgIpc) is 2.60. The van der Waals surface area contributed by atoms with Crippen molar-refractivity contribution in [3.8, 4) is 0 Å². The maximum absolute atomic E-state index is 11.6. The Hall–Kier alpha value is -2.20. The van der Waals surface area contributed by atoms with Crippen molar-refractivity contribution in [3.63, 3.8) is 0 Å². The number of carbonyl (C=O) groups is 1. The highest BCUT2D eigenvalue weighted by molar-refractivity contribution is 5.83. The molecule has 1 fully saturated rings. The van der Waals surface area contributed by atoms with E-state index in [4.69, 9.17) is 4.74 Å². The van der Waals surface area contributed by atoms with Gasteiger partial charge in [0, 0.05) is 17.7 Å². The largest absolute Gasteiger partial charge is 0.481 e. The van der Waals surface area contributed by atoms with E-state index in [9.17, 15) is 9.90 Å². The number of pyridine rings is 1. The van der Waals surface area contributed by atoms with Crippen LogP contribution in [0, 0.1) is 5.41 Å². The molecule has 1 aromatic carbocycles. The Morgan fingerprint density at radius 1 is 1.39 bits per heavy atom. The van der Waals surface area contributed by atoms with E-state index in [1.807, 2.05) is 30.3 Å². The van der Waals surface area contributed by atoms with Gasteiger partial charge >= 0.3 is 5.97 Å². The normalized spacial score (nSPS) is 21.8. The Morgan fingerprint density at radius 2 is 2.22 bits per heavy atom. The Balaban J connectivity index is 1.91. The van der Waals surface area contributed by atoms with Crippen LogP contribution in [0.2, 0.25) is 0 Å². The summed E-state index contributed by atoms with van der Waals surface area (Å²) in [6, 6.07) is 10.1. The smallest absolute Gasteiger partial charge is 0.315 e. The molecule has 1 aliphatic rings. The topological polar surface area (TPSA) is 59.4 Å². The molecule has 1 unspecified atom stereocenters. The molecule has 0 spiro atoms. The van der Waals surface area contributed by atoms with Gasteiger partial charge in [-0.15, -0.1) is 0 Å². The average molecular weight is 311 g/mol. The molecule has 2 aromatic rings. The van der Waals surface area contributed by atoms with Crippen LogP contribution in [0.1, 0.15) is 31.0 Å². The van der Waals surface area contributed by atoms with Gasteiger partial charge in [0.05, 0.1) is 12.1 Å². The van der Waals surface area contributed by atoms with Gasteiger partial charge < -0.3 is 9.84 Å². The van der Waals surface area contributed by atoms with Crippen molar-refractivity contribution in [3.05, 3.63) is 47.7 Å². The molecule has 0 saturated carbocycles. The minimum atomic E-state index is -0.911. The molecule has 4 heteroatoms. The predicted octanol–water partition coefficient (Wildman–Crippen LogP) is 3.69. The molecule has 1 aromatic heterocycles. The van der Waals surface area contributed by atoms with Crippen molar-refractivity contribution in [2.24, 2.45) is 5.41 Å². The summed E-state index contributed by atoms with van der Waals surface area (Å²) in [5, 5.41) is 10.7. The molecule has 1 atom stereocenters. The van der Waals surface area contributed by atoms with Gasteiger partial charge in [0.2, 0.25) is 0 Å². The van der Waals surface area contributed by atoms with Gasteiger partial charge in [-0.1, -0.05) is 37.3 Å². The number of fused-ring (bicyclic) bond motifs is 1. The van der Waals surface area contributed by atoms with Crippen molar-refractivity contribution in [2.75, 3.05) is 13.2 Å². The number of rotatable bonds is 4. The SMILES string of the molecule is CCc1ccc2ccc(/C=C/C3(C(=O)O)CCCOC3)cc2n1. The van der Waals surface area contributed by atoms with Crippen LogP contribution in [0.3, 0.4) is 0 Å². The standard InChI is InChI=1S/C19H21NO3/c1-2-16-7-6-15-5-4-14(12-17(15)20-16)8-10-19(18(21)22)9-3-11-23-13-19/h4-8,10,12H,2-3,9,11,13H2,1H3,(H,21,22)/b10-8+. The fourth-order valence-corrected chi connectivity index (χ4v) is 2.92. The van der Waals surface area contributed by atoms with Crippen LogP contribution < -0.4 is 0 Å². The fraction of sp³-hybridized carbons (Fsp3) is 0.368. The molecule has 0 radical (unpaired) electrons. The summed E-state index contributed by atoms with van der Waals surface area (Å²) in [7, 11) is 0. The number of carboxylic acids is 1. The number of carboxylic acid groups (broad SMARTS) is 1. The van der Waals surface area contributed by atoms with Gasteiger partial charge in [0.15, 0.2) is 0 Å². The molecule has 3 rings (SSSR count). The summed E-state index contributed by atoms with van der Waals surface area (Å²) in [6.07, 6.45) is 5.94. The lowest BCUT2D eigenvalue weighted by atomic mass is 9.82. The monoisotopic (exact) mass is 311 g/mol. The minimum absolute atomic E-state index is 0.241. The summed E-state index contributed by atoms with van der Waals surface area (Å²) in [4.78, 5) is 16.3. The number of benzene rings is 1. The first-order valence-corrected chi connectivity index (χ1v) is 8.03. The van der Waals surface area contributed by atoms with Gasteiger partial charge in [0.1, 0.15) is 5.41 Å². The number of aromatic nitrogens is 1. The minimum Gasteiger partial charge on any atom is -0.481 e. The number of hydrogen-bond acceptors (Lipinski definition) is 3. The van der Waals surface area contributed by atoms with E-state index >= 15 is 0 Å². The number of nitrogens with zero attached hydrogens (tertiary/aromatic N) is 1. The number of ether oxygens (including phenoxy) is 1. The molecule has 0 amide bonds. The van der Waals surface area contributed by atoms with E-state index in [1.165, 1.54) is 0 Å². The zero-order valence-corrected chi connectivity index (χ0v) is 13.3. The highest BCUT2D eigenvalue weighted by Gasteiger charge is 2.38. The van der Waals surface area contributed by atoms with Crippen LogP contribution in [0.4, 0.5) is 0 Å². The lowest BCUT2D eigenvalue weighted by molar-refractivity contribution is -0.152. The third kappa shape index (κ3) is 3.27. The summed E-state index contributed by atoms with van der Waals surface area (Å²) in [6.45, 7) is 2.96. The number of aryl methyl sites for hydroxylation is 1. The van der Waals surface area contributed by atoms with Crippen LogP contribution in [-0.4, -0.2) is 29.3 Å². The van der Waals surface area contributed by atoms with Gasteiger partial charge in [-0.25, -0.2) is 0 Å². The molecular formula is C19H21NO3. The molecular weight excluding hydrogens is 290 g/mol. The van der Waals surface area contributed by atoms with Crippen LogP contribution in [0.5, 0.6) is 0 Å². The van der Waals surface area contributed by atoms with Crippen molar-refractivity contribution in [1.29, 1.82) is 0 Å². The molecule has 120 valence electrons. The second-order valence-corrected chi connectivity index (χ2v) is 6.06. The molecule has 0 aliphatic carbocycles. The second kappa shape index (κ2) is 6.50. The molecule has 4 nitrogen and oxygen atoms in total. The van der Waals surface area contributed by atoms with Crippen LogP contribution in [-0.2, 0) is 16.0 Å². The van der Waals surface area contributed by atoms with E-state index < -0.39 is 11.4 Å². The molecule has 1 aliphatic heterocycles. The van der Waals surface area contributed by atoms with Crippen molar-refractivity contribution < 1.29 is 14.6 Å². The fourth-order valence-electron chi connectivity index (χ4n) is 2.92. The van der Waals surface area contributed by atoms with Gasteiger partial charge in [0.25, 0.3) is 0 Å². The highest BCUT2D eigenvalue weighted by Crippen LogP contribution is 2.31. The molecule has 1 N–H and O–H groups in total.